The Balaban J connectivity index is 0.000000119. The smallest absolute Gasteiger partial charge is 0.392 e. The van der Waals surface area contributed by atoms with Gasteiger partial charge in [0.1, 0.15) is 11.9 Å². The molecule has 8 saturated heterocycles. The van der Waals surface area contributed by atoms with Gasteiger partial charge in [-0.1, -0.05) is 157 Å². The van der Waals surface area contributed by atoms with Crippen LogP contribution in [0.4, 0.5) is 0 Å². The molecule has 2 saturated carbocycles. The lowest BCUT2D eigenvalue weighted by Gasteiger charge is -2.26. The number of fused-ring (bicyclic) bond motifs is 8. The molecule has 10 fully saturated rings. The number of nitrogens with two attached hydrogens (primary N) is 2. The van der Waals surface area contributed by atoms with Gasteiger partial charge in [-0.15, -0.1) is 10.1 Å². The SMILES string of the molecule is C1CCC(N=NC2CCCCC2)CC1.CN.CN.CS.CSSC1CC(=O)N(OC(=O)c2ccc3c(c2)C=[N+]2CC[N+]4=Cc5ccccc5O[C@@]42O3)C1=O.O=C(ON1C(=O)CC(S)C1=O)c1ccc2c(c1)C=[N+]1CC[N+]3=Cc4ccccc4O[C@@]31O2.O=C1CC(S)C(=O)N1OCc1ccc2c(c1)C=[N+]1CC[N+]3=Cc4ccccc4OC31O2.O=C1CCC(=O)N1O.OCc1ccc2c(c1)C=[N+]1CC[N+]3=Cc4ccccc4OC31O2. The number of hydroxylamine groups is 8. The van der Waals surface area contributed by atoms with Gasteiger partial charge in [-0.25, -0.2) is 9.59 Å². The van der Waals surface area contributed by atoms with Crippen molar-refractivity contribution in [2.75, 3.05) is 79.0 Å². The van der Waals surface area contributed by atoms with E-state index < -0.39 is 93.2 Å². The van der Waals surface area contributed by atoms with Crippen LogP contribution in [0, 0.1) is 0 Å². The Morgan fingerprint density at radius 1 is 0.385 bits per heavy atom. The molecule has 8 amide bonds. The number of rotatable bonds is 12. The summed E-state index contributed by atoms with van der Waals surface area (Å²) >= 11 is 11.7. The summed E-state index contributed by atoms with van der Waals surface area (Å²) in [5.41, 5.74) is 18.3. The minimum absolute atomic E-state index is 0.0110. The van der Waals surface area contributed by atoms with Gasteiger partial charge in [-0.3, -0.25) is 48.4 Å². The van der Waals surface area contributed by atoms with Gasteiger partial charge in [0.15, 0.2) is 95.7 Å². The molecular weight excluding hydrogens is 2000 g/mol. The zero-order valence-corrected chi connectivity index (χ0v) is 85.7. The molecule has 7 atom stereocenters. The summed E-state index contributed by atoms with van der Waals surface area (Å²) < 4.78 is 66.7. The molecular formula is C104H112N16O23S5+8. The van der Waals surface area contributed by atoms with Crippen LogP contribution in [0.15, 0.2) is 180 Å². The number of nitrogens with zero attached hydrogens (tertiary/aromatic N) is 14. The van der Waals surface area contributed by atoms with Crippen molar-refractivity contribution in [3.63, 3.8) is 0 Å². The number of hydrogen-bond donors (Lipinski definition) is 7. The van der Waals surface area contributed by atoms with Crippen LogP contribution in [-0.2, 0) is 66.1 Å². The van der Waals surface area contributed by atoms with Crippen LogP contribution in [0.1, 0.15) is 173 Å². The van der Waals surface area contributed by atoms with Crippen LogP contribution in [0.2, 0.25) is 0 Å². The Morgan fingerprint density at radius 3 is 0.993 bits per heavy atom. The number of aliphatic hydroxyl groups excluding tert-OH is 1. The van der Waals surface area contributed by atoms with Gasteiger partial charge >= 0.3 is 36.1 Å². The summed E-state index contributed by atoms with van der Waals surface area (Å²) in [6.45, 7) is 5.95. The fourth-order valence-electron chi connectivity index (χ4n) is 19.4. The van der Waals surface area contributed by atoms with E-state index in [0.29, 0.717) is 76.8 Å². The average molecular weight is 2110 g/mol. The number of aliphatic hydroxyl groups is 1. The third-order valence-corrected chi connectivity index (χ3v) is 29.6. The predicted molar refractivity (Wildman–Crippen MR) is 548 cm³/mol. The summed E-state index contributed by atoms with van der Waals surface area (Å²) in [7, 11) is 5.66. The number of thiol groups is 3. The van der Waals surface area contributed by atoms with Crippen molar-refractivity contribution in [3.8, 4) is 46.0 Å². The Hall–Kier alpha value is -13.8. The lowest BCUT2D eigenvalue weighted by molar-refractivity contribution is -0.855. The van der Waals surface area contributed by atoms with Crippen LogP contribution in [0.3, 0.4) is 0 Å². The first kappa shape index (κ1) is 104. The highest BCUT2D eigenvalue weighted by atomic mass is 33.1. The van der Waals surface area contributed by atoms with E-state index in [1.807, 2.05) is 194 Å². The summed E-state index contributed by atoms with van der Waals surface area (Å²) in [6.07, 6.45) is 33.3. The maximum absolute atomic E-state index is 12.7. The first-order valence-corrected chi connectivity index (χ1v) is 53.2. The standard InChI is InChI=1S/C23H19N3O6S2.C22H16N3O6S.C22H18N3O5S.C18H16N2O3.C12H22N2.C4H5NO3.2CH5N.CH4S/c1-33-34-19-11-20(27)26(21(19)28)32-22(29)14-6-7-18-16(10-14)13-25-9-8-24-12-15-4-2-3-5-17(15)30-23(24,25)31-18;26-19-10-18(32)20(27)25(19)31-21(28)13-5-6-17-15(9-13)12-24-8-7-23-11-14-3-1-2-4-16(14)29-22(23,24)30-17;26-20-10-19(31)21(27)25(20)28-13-14-5-6-18-16(9-14)12-24-8-7-23-11-15-3-1-2-4-17(15)29-22(23,24)30-18;21-12-13-5-6-17-15(9-13)11-20-8-7-19-10-14-3-1-2-4-16(14)22-18(19,20)23-17;1-3-7-11(8-4-1)13-14-12-9-5-2-6-10-12;6-3-1-2-4(7)5(3)8;3*1-2/h2-7,10,12-13,19H,8-9,11H2,1H3;1-6,9,11-12,18H,7-8,10H2;1-6,9,11-12,19H,7-8,10,13H2;1-6,9-11,21H,7-8,12H2;11-12H,1-10H2;8H,1-2H2;2*2H2,1H3;2H,1H3/q+2;2*+1;+2;;;;;/p+2/t19?,23-;18?,22-;;;;;;;/m11......./s1. The fraction of sp³-hybridized carbons (Fsp3) is 0.365. The first-order chi connectivity index (χ1) is 71.9. The first-order valence-electron chi connectivity index (χ1n) is 48.7. The van der Waals surface area contributed by atoms with E-state index in [-0.39, 0.29) is 67.4 Å². The topological polar surface area (TPSA) is 426 Å². The van der Waals surface area contributed by atoms with E-state index in [2.05, 4.69) is 92.0 Å². The number of carbonyl (C=O) groups excluding carboxylic acids is 10. The summed E-state index contributed by atoms with van der Waals surface area (Å²) in [5, 5.41) is 26.8. The van der Waals surface area contributed by atoms with Crippen LogP contribution >= 0.6 is 59.5 Å². The molecule has 44 heteroatoms. The molecule has 0 bridgehead atoms. The lowest BCUT2D eigenvalue weighted by atomic mass is 9.95. The predicted octanol–water partition coefficient (Wildman–Crippen LogP) is 8.28. The monoisotopic (exact) mass is 2110 g/mol. The van der Waals surface area contributed by atoms with Crippen molar-refractivity contribution in [3.05, 3.63) is 237 Å². The maximum atomic E-state index is 12.7. The number of benzene rings is 8. The fourth-order valence-corrected chi connectivity index (χ4v) is 21.7. The quantitative estimate of drug-likeness (QED) is 0.0151. The minimum atomic E-state index is -1.13. The number of carbonyl (C=O) groups is 10. The molecule has 768 valence electrons. The van der Waals surface area contributed by atoms with E-state index in [1.165, 1.54) is 106 Å². The van der Waals surface area contributed by atoms with E-state index in [4.69, 9.17) is 57.6 Å². The average Bonchev–Trinajstić information content (AvgIpc) is 1.57. The number of amides is 8. The maximum Gasteiger partial charge on any atom is 0.704 e. The molecule has 148 heavy (non-hydrogen) atoms. The highest BCUT2D eigenvalue weighted by molar-refractivity contribution is 8.76. The van der Waals surface area contributed by atoms with Gasteiger partial charge in [0, 0.05) is 12.8 Å². The van der Waals surface area contributed by atoms with Crippen LogP contribution < -0.4 is 49.4 Å². The number of imide groups is 4. The van der Waals surface area contributed by atoms with Gasteiger partial charge in [0.2, 0.25) is 52.4 Å². The Bertz CT molecular complexity index is 6910. The van der Waals surface area contributed by atoms with Gasteiger partial charge in [-0.2, -0.15) is 58.2 Å². The molecule has 8 aromatic carbocycles. The molecule has 5 unspecified atom stereocenters. The molecule has 26 rings (SSSR count). The molecule has 16 heterocycles. The summed E-state index contributed by atoms with van der Waals surface area (Å²) in [4.78, 5) is 134. The van der Waals surface area contributed by atoms with Crippen molar-refractivity contribution >= 4 is 168 Å². The molecule has 2 aliphatic carbocycles. The second kappa shape index (κ2) is 45.1. The zero-order valence-electron chi connectivity index (χ0n) is 81.4. The highest BCUT2D eigenvalue weighted by Crippen LogP contribution is 2.44. The zero-order chi connectivity index (χ0) is 104. The molecule has 18 aliphatic rings. The Kier molecular flexibility index (Phi) is 31.7. The van der Waals surface area contributed by atoms with E-state index in [1.54, 1.807) is 36.6 Å². The molecule has 0 radical (unpaired) electrons. The largest absolute Gasteiger partial charge is 0.704 e. The van der Waals surface area contributed by atoms with Gasteiger partial charge in [0.05, 0.1) is 104 Å². The van der Waals surface area contributed by atoms with Crippen LogP contribution in [-0.4, -0.2) is 307 Å². The molecule has 8 aromatic rings. The lowest BCUT2D eigenvalue weighted by Crippen LogP contribution is -2.59. The molecule has 39 nitrogen and oxygen atoms in total. The summed E-state index contributed by atoms with van der Waals surface area (Å²) in [5.74, 6) is -0.147. The Labute approximate surface area is 875 Å². The third kappa shape index (κ3) is 20.9. The Morgan fingerprint density at radius 2 is 0.676 bits per heavy atom. The van der Waals surface area contributed by atoms with Crippen molar-refractivity contribution in [1.82, 2.24) is 20.3 Å². The normalized spacial score (nSPS) is 23.7. The number of hydrogen-bond acceptors (Lipinski definition) is 32. The second-order valence-electron chi connectivity index (χ2n) is 36.1. The van der Waals surface area contributed by atoms with Crippen LogP contribution in [0.5, 0.6) is 46.0 Å². The van der Waals surface area contributed by atoms with Crippen molar-refractivity contribution < 1.29 is 147 Å². The van der Waals surface area contributed by atoms with E-state index in [9.17, 15) is 53.1 Å². The minimum Gasteiger partial charge on any atom is -0.392 e. The van der Waals surface area contributed by atoms with Crippen LogP contribution in [0.25, 0.3) is 0 Å². The molecule has 4 spiro atoms. The summed E-state index contributed by atoms with van der Waals surface area (Å²) in [6, 6.07) is 49.2. The number of azo groups is 1. The van der Waals surface area contributed by atoms with Gasteiger partial charge < -0.3 is 64.1 Å². The van der Waals surface area contributed by atoms with E-state index in [0.717, 1.165) is 104 Å². The van der Waals surface area contributed by atoms with Crippen molar-refractivity contribution in [1.29, 1.82) is 0 Å². The van der Waals surface area contributed by atoms with Gasteiger partial charge in [-0.05, 0) is 173 Å². The molecule has 6 N–H and O–H groups in total. The van der Waals surface area contributed by atoms with Gasteiger partial charge in [0.25, 0.3) is 47.3 Å². The number of para-hydroxylation sites is 4. The highest BCUT2D eigenvalue weighted by Gasteiger charge is 2.73. The third-order valence-electron chi connectivity index (χ3n) is 26.7. The van der Waals surface area contributed by atoms with Crippen molar-refractivity contribution in [2.45, 2.75) is 161 Å². The number of ether oxygens (including phenoxy) is 8. The molecule has 16 aliphatic heterocycles. The second-order valence-corrected chi connectivity index (χ2v) is 40.0. The van der Waals surface area contributed by atoms with E-state index >= 15 is 0 Å². The van der Waals surface area contributed by atoms with Crippen molar-refractivity contribution in [2.24, 2.45) is 21.7 Å². The molecule has 0 aromatic heterocycles.